The summed E-state index contributed by atoms with van der Waals surface area (Å²) in [6, 6.07) is 0. The van der Waals surface area contributed by atoms with Crippen LogP contribution in [0.2, 0.25) is 0 Å². The molecule has 130 valence electrons. The van der Waals surface area contributed by atoms with Gasteiger partial charge in [0.25, 0.3) is 0 Å². The molecule has 0 aromatic heterocycles. The molecule has 0 saturated heterocycles. The van der Waals surface area contributed by atoms with E-state index >= 15 is 0 Å². The Balaban J connectivity index is 1.65. The van der Waals surface area contributed by atoms with Crippen molar-refractivity contribution in [2.75, 3.05) is 0 Å². The smallest absolute Gasteiger partial charge is 0.0657 e. The molecule has 0 amide bonds. The van der Waals surface area contributed by atoms with Crippen LogP contribution in [-0.2, 0) is 0 Å². The van der Waals surface area contributed by atoms with Crippen LogP contribution in [0, 0.1) is 34.5 Å². The Morgan fingerprint density at radius 1 is 1.04 bits per heavy atom. The Labute approximate surface area is 142 Å². The van der Waals surface area contributed by atoms with Crippen LogP contribution >= 0.6 is 0 Å². The predicted molar refractivity (Wildman–Crippen MR) is 96.1 cm³/mol. The van der Waals surface area contributed by atoms with Gasteiger partial charge in [-0.3, -0.25) is 0 Å². The minimum atomic E-state index is -0.456. The quantitative estimate of drug-likeness (QED) is 0.613. The van der Waals surface area contributed by atoms with Crippen LogP contribution in [0.4, 0.5) is 0 Å². The van der Waals surface area contributed by atoms with Gasteiger partial charge in [0.2, 0.25) is 0 Å². The van der Waals surface area contributed by atoms with Gasteiger partial charge >= 0.3 is 0 Å². The first-order valence-electron chi connectivity index (χ1n) is 10.2. The highest BCUT2D eigenvalue weighted by molar-refractivity contribution is 5.26. The van der Waals surface area contributed by atoms with Gasteiger partial charge < -0.3 is 5.11 Å². The van der Waals surface area contributed by atoms with Crippen molar-refractivity contribution >= 4 is 0 Å². The number of aliphatic hydroxyl groups is 1. The summed E-state index contributed by atoms with van der Waals surface area (Å²) < 4.78 is 0. The zero-order chi connectivity index (χ0) is 16.5. The van der Waals surface area contributed by atoms with E-state index in [1.54, 1.807) is 5.57 Å². The summed E-state index contributed by atoms with van der Waals surface area (Å²) >= 11 is 0. The van der Waals surface area contributed by atoms with Crippen LogP contribution in [0.1, 0.15) is 85.5 Å². The van der Waals surface area contributed by atoms with E-state index in [0.717, 1.165) is 36.5 Å². The van der Waals surface area contributed by atoms with E-state index in [0.29, 0.717) is 10.8 Å². The third kappa shape index (κ3) is 2.21. The maximum absolute atomic E-state index is 10.5. The Hall–Kier alpha value is -0.300. The van der Waals surface area contributed by atoms with Crippen molar-refractivity contribution < 1.29 is 5.11 Å². The van der Waals surface area contributed by atoms with Gasteiger partial charge in [-0.2, -0.15) is 0 Å². The van der Waals surface area contributed by atoms with Crippen LogP contribution in [0.3, 0.4) is 0 Å². The van der Waals surface area contributed by atoms with Gasteiger partial charge in [-0.15, -0.1) is 0 Å². The molecule has 4 aliphatic rings. The molecule has 4 rings (SSSR count). The van der Waals surface area contributed by atoms with Crippen molar-refractivity contribution in [1.29, 1.82) is 0 Å². The topological polar surface area (TPSA) is 20.2 Å². The fourth-order valence-electron chi connectivity index (χ4n) is 7.58. The lowest BCUT2D eigenvalue weighted by atomic mass is 9.46. The second-order valence-corrected chi connectivity index (χ2v) is 10.2. The average Bonchev–Trinajstić information content (AvgIpc) is 2.84. The molecule has 0 heterocycles. The fraction of sp³-hybridized carbons (Fsp3) is 0.909. The van der Waals surface area contributed by atoms with E-state index in [4.69, 9.17) is 0 Å². The first-order valence-corrected chi connectivity index (χ1v) is 10.2. The SMILES string of the molecule is CCC1CCC2C3CC=C4CC(C)(O)CCC4(C)C3CCC12C. The number of rotatable bonds is 1. The second-order valence-electron chi connectivity index (χ2n) is 10.2. The maximum atomic E-state index is 10.5. The minimum Gasteiger partial charge on any atom is -0.390 e. The molecule has 1 heteroatoms. The first-order chi connectivity index (χ1) is 10.8. The number of hydrogen-bond acceptors (Lipinski definition) is 1. The van der Waals surface area contributed by atoms with Gasteiger partial charge in [-0.05, 0) is 92.8 Å². The van der Waals surface area contributed by atoms with Gasteiger partial charge in [0.15, 0.2) is 0 Å². The highest BCUT2D eigenvalue weighted by Gasteiger charge is 2.58. The summed E-state index contributed by atoms with van der Waals surface area (Å²) in [4.78, 5) is 0. The summed E-state index contributed by atoms with van der Waals surface area (Å²) in [6.07, 6.45) is 14.2. The summed E-state index contributed by atoms with van der Waals surface area (Å²) in [6.45, 7) is 9.62. The molecule has 4 aliphatic carbocycles. The van der Waals surface area contributed by atoms with E-state index in [1.807, 2.05) is 6.92 Å². The summed E-state index contributed by atoms with van der Waals surface area (Å²) in [5.74, 6) is 3.73. The molecule has 0 bridgehead atoms. The predicted octanol–water partition coefficient (Wildman–Crippen LogP) is 5.73. The van der Waals surface area contributed by atoms with Gasteiger partial charge in [0.05, 0.1) is 5.60 Å². The molecule has 7 unspecified atom stereocenters. The molecule has 1 nitrogen and oxygen atoms in total. The fourth-order valence-corrected chi connectivity index (χ4v) is 7.58. The van der Waals surface area contributed by atoms with E-state index in [2.05, 4.69) is 26.8 Å². The van der Waals surface area contributed by atoms with Gasteiger partial charge in [0, 0.05) is 0 Å². The Bertz CT molecular complexity index is 518. The Morgan fingerprint density at radius 2 is 1.83 bits per heavy atom. The van der Waals surface area contributed by atoms with Gasteiger partial charge in [-0.25, -0.2) is 0 Å². The normalized spacial score (nSPS) is 55.6. The van der Waals surface area contributed by atoms with Crippen molar-refractivity contribution in [2.24, 2.45) is 34.5 Å². The van der Waals surface area contributed by atoms with Crippen LogP contribution in [0.5, 0.6) is 0 Å². The Kier molecular flexibility index (Phi) is 3.59. The molecule has 3 saturated carbocycles. The Morgan fingerprint density at radius 3 is 2.57 bits per heavy atom. The number of allylic oxidation sites excluding steroid dienone is 1. The van der Waals surface area contributed by atoms with Crippen molar-refractivity contribution in [3.05, 3.63) is 11.6 Å². The molecule has 3 fully saturated rings. The maximum Gasteiger partial charge on any atom is 0.0657 e. The van der Waals surface area contributed by atoms with Crippen molar-refractivity contribution in [1.82, 2.24) is 0 Å². The molecule has 7 atom stereocenters. The molecular weight excluding hydrogens is 280 g/mol. The molecule has 0 aromatic rings. The van der Waals surface area contributed by atoms with E-state index in [-0.39, 0.29) is 0 Å². The highest BCUT2D eigenvalue weighted by atomic mass is 16.3. The summed E-state index contributed by atoms with van der Waals surface area (Å²) in [5, 5.41) is 10.5. The third-order valence-electron chi connectivity index (χ3n) is 9.07. The lowest BCUT2D eigenvalue weighted by Crippen LogP contribution is -2.51. The van der Waals surface area contributed by atoms with Crippen LogP contribution in [0.25, 0.3) is 0 Å². The largest absolute Gasteiger partial charge is 0.390 e. The van der Waals surface area contributed by atoms with Crippen LogP contribution in [0.15, 0.2) is 11.6 Å². The molecule has 0 spiro atoms. The molecule has 0 aromatic carbocycles. The first kappa shape index (κ1) is 16.2. The van der Waals surface area contributed by atoms with E-state index in [1.165, 1.54) is 44.9 Å². The van der Waals surface area contributed by atoms with Crippen LogP contribution in [-0.4, -0.2) is 10.7 Å². The second kappa shape index (κ2) is 5.10. The van der Waals surface area contributed by atoms with E-state index in [9.17, 15) is 5.11 Å². The van der Waals surface area contributed by atoms with Gasteiger partial charge in [-0.1, -0.05) is 38.8 Å². The van der Waals surface area contributed by atoms with Crippen molar-refractivity contribution in [3.8, 4) is 0 Å². The number of fused-ring (bicyclic) bond motifs is 5. The highest BCUT2D eigenvalue weighted by Crippen LogP contribution is 2.67. The molecule has 0 radical (unpaired) electrons. The van der Waals surface area contributed by atoms with Crippen LogP contribution < -0.4 is 0 Å². The summed E-state index contributed by atoms with van der Waals surface area (Å²) in [7, 11) is 0. The third-order valence-corrected chi connectivity index (χ3v) is 9.07. The lowest BCUT2D eigenvalue weighted by Gasteiger charge is -2.59. The standard InChI is InChI=1S/C22H36O/c1-5-15-7-9-18-17-8-6-16-14-20(2,23)12-13-22(16,4)19(17)10-11-21(15,18)3/h6,15,17-19,23H,5,7-14H2,1-4H3. The van der Waals surface area contributed by atoms with Crippen molar-refractivity contribution in [2.45, 2.75) is 91.1 Å². The molecule has 0 aliphatic heterocycles. The average molecular weight is 317 g/mol. The molecule has 23 heavy (non-hydrogen) atoms. The minimum absolute atomic E-state index is 0.386. The van der Waals surface area contributed by atoms with Crippen molar-refractivity contribution in [3.63, 3.8) is 0 Å². The van der Waals surface area contributed by atoms with Gasteiger partial charge in [0.1, 0.15) is 0 Å². The lowest BCUT2D eigenvalue weighted by molar-refractivity contribution is -0.0655. The van der Waals surface area contributed by atoms with E-state index < -0.39 is 5.60 Å². The zero-order valence-electron chi connectivity index (χ0n) is 15.7. The molecule has 1 N–H and O–H groups in total. The molecular formula is C22H36O. The monoisotopic (exact) mass is 316 g/mol. The summed E-state index contributed by atoms with van der Waals surface area (Å²) in [5.41, 5.74) is 2.15. The zero-order valence-corrected chi connectivity index (χ0v) is 15.7. The number of hydrogen-bond donors (Lipinski definition) is 1.